The molecule has 3 rings (SSSR count). The highest BCUT2D eigenvalue weighted by Crippen LogP contribution is 2.28. The second-order valence-electron chi connectivity index (χ2n) is 4.32. The molecular weight excluding hydrogens is 204 g/mol. The molecular formula is C11H14N4O. The molecule has 0 radical (unpaired) electrons. The number of aryl methyl sites for hydroxylation is 1. The van der Waals surface area contributed by atoms with Crippen molar-refractivity contribution in [2.45, 2.75) is 12.0 Å². The molecule has 0 aliphatic carbocycles. The Bertz CT molecular complexity index is 528. The molecule has 84 valence electrons. The van der Waals surface area contributed by atoms with Gasteiger partial charge in [0.25, 0.3) is 0 Å². The summed E-state index contributed by atoms with van der Waals surface area (Å²) < 4.78 is 7.38. The minimum Gasteiger partial charge on any atom is -0.379 e. The molecule has 1 aliphatic heterocycles. The number of pyridine rings is 1. The Kier molecular flexibility index (Phi) is 1.99. The number of fused-ring (bicyclic) bond motifs is 1. The third-order valence-electron chi connectivity index (χ3n) is 3.18. The van der Waals surface area contributed by atoms with E-state index in [-0.39, 0.29) is 0 Å². The number of hydrogen-bond donors (Lipinski definition) is 1. The van der Waals surface area contributed by atoms with Crippen LogP contribution in [0.5, 0.6) is 0 Å². The van der Waals surface area contributed by atoms with E-state index in [1.54, 1.807) is 6.20 Å². The molecule has 0 saturated carbocycles. The van der Waals surface area contributed by atoms with Crippen LogP contribution in [0.25, 0.3) is 11.0 Å². The number of nitrogens with zero attached hydrogens (tertiary/aromatic N) is 3. The molecule has 1 aliphatic rings. The molecule has 0 amide bonds. The van der Waals surface area contributed by atoms with Gasteiger partial charge in [-0.2, -0.15) is 0 Å². The van der Waals surface area contributed by atoms with Gasteiger partial charge in [0.15, 0.2) is 0 Å². The molecule has 1 unspecified atom stereocenters. The second-order valence-corrected chi connectivity index (χ2v) is 4.32. The van der Waals surface area contributed by atoms with Gasteiger partial charge < -0.3 is 15.0 Å². The Labute approximate surface area is 93.2 Å². The van der Waals surface area contributed by atoms with E-state index < -0.39 is 5.54 Å². The summed E-state index contributed by atoms with van der Waals surface area (Å²) in [5.41, 5.74) is 7.81. The highest BCUT2D eigenvalue weighted by atomic mass is 16.5. The van der Waals surface area contributed by atoms with Gasteiger partial charge >= 0.3 is 0 Å². The zero-order valence-corrected chi connectivity index (χ0v) is 9.18. The van der Waals surface area contributed by atoms with E-state index in [0.717, 1.165) is 23.3 Å². The quantitative estimate of drug-likeness (QED) is 0.758. The maximum Gasteiger partial charge on any atom is 0.132 e. The van der Waals surface area contributed by atoms with Crippen molar-refractivity contribution in [3.63, 3.8) is 0 Å². The van der Waals surface area contributed by atoms with Gasteiger partial charge in [0.2, 0.25) is 0 Å². The normalized spacial score (nSPS) is 25.4. The van der Waals surface area contributed by atoms with E-state index >= 15 is 0 Å². The van der Waals surface area contributed by atoms with Crippen LogP contribution in [-0.2, 0) is 17.3 Å². The predicted molar refractivity (Wildman–Crippen MR) is 59.8 cm³/mol. The first kappa shape index (κ1) is 9.74. The fraction of sp³-hybridized carbons (Fsp3) is 0.455. The maximum atomic E-state index is 6.32. The van der Waals surface area contributed by atoms with Crippen LogP contribution in [0, 0.1) is 0 Å². The number of hydrogen-bond acceptors (Lipinski definition) is 4. The summed E-state index contributed by atoms with van der Waals surface area (Å²) >= 11 is 0. The molecule has 3 heterocycles. The van der Waals surface area contributed by atoms with Crippen LogP contribution in [0.15, 0.2) is 18.5 Å². The van der Waals surface area contributed by atoms with E-state index in [4.69, 9.17) is 10.5 Å². The number of aromatic nitrogens is 3. The third kappa shape index (κ3) is 1.25. The van der Waals surface area contributed by atoms with Crippen molar-refractivity contribution < 1.29 is 4.74 Å². The van der Waals surface area contributed by atoms with Gasteiger partial charge in [-0.15, -0.1) is 0 Å². The third-order valence-corrected chi connectivity index (χ3v) is 3.18. The van der Waals surface area contributed by atoms with Gasteiger partial charge in [0.1, 0.15) is 11.4 Å². The Morgan fingerprint density at radius 3 is 3.12 bits per heavy atom. The van der Waals surface area contributed by atoms with Crippen LogP contribution in [-0.4, -0.2) is 27.7 Å². The van der Waals surface area contributed by atoms with E-state index in [9.17, 15) is 0 Å². The van der Waals surface area contributed by atoms with Crippen molar-refractivity contribution >= 4 is 11.0 Å². The molecule has 2 aromatic heterocycles. The Hall–Kier alpha value is -1.46. The topological polar surface area (TPSA) is 66.0 Å². The van der Waals surface area contributed by atoms with Crippen LogP contribution >= 0.6 is 0 Å². The molecule has 16 heavy (non-hydrogen) atoms. The van der Waals surface area contributed by atoms with E-state index in [2.05, 4.69) is 9.97 Å². The van der Waals surface area contributed by atoms with Gasteiger partial charge in [0.05, 0.1) is 23.8 Å². The molecule has 2 N–H and O–H groups in total. The van der Waals surface area contributed by atoms with E-state index in [1.807, 2.05) is 23.9 Å². The highest BCUT2D eigenvalue weighted by Gasteiger charge is 2.36. The second kappa shape index (κ2) is 3.26. The van der Waals surface area contributed by atoms with Crippen molar-refractivity contribution in [2.24, 2.45) is 12.8 Å². The molecule has 0 aromatic carbocycles. The minimum atomic E-state index is -0.451. The molecule has 0 spiro atoms. The number of ether oxygens (including phenoxy) is 1. The lowest BCUT2D eigenvalue weighted by molar-refractivity contribution is 0.175. The van der Waals surface area contributed by atoms with Crippen LogP contribution < -0.4 is 5.73 Å². The van der Waals surface area contributed by atoms with Crippen LogP contribution in [0.3, 0.4) is 0 Å². The Balaban J connectivity index is 2.20. The van der Waals surface area contributed by atoms with Gasteiger partial charge in [-0.1, -0.05) is 0 Å². The lowest BCUT2D eigenvalue weighted by Crippen LogP contribution is -2.39. The molecule has 0 bridgehead atoms. The summed E-state index contributed by atoms with van der Waals surface area (Å²) in [5, 5.41) is 0. The summed E-state index contributed by atoms with van der Waals surface area (Å²) in [6.07, 6.45) is 4.37. The molecule has 1 saturated heterocycles. The van der Waals surface area contributed by atoms with E-state index in [1.165, 1.54) is 0 Å². The number of rotatable bonds is 1. The summed E-state index contributed by atoms with van der Waals surface area (Å²) in [6.45, 7) is 1.25. The van der Waals surface area contributed by atoms with Gasteiger partial charge in [-0.3, -0.25) is 4.98 Å². The summed E-state index contributed by atoms with van der Waals surface area (Å²) in [5.74, 6) is 0.882. The molecule has 1 fully saturated rings. The maximum absolute atomic E-state index is 6.32. The standard InChI is InChI=1S/C11H14N4O/c1-15-9-6-13-4-2-8(9)14-10(15)11(12)3-5-16-7-11/h2,4,6H,3,5,7,12H2,1H3. The molecule has 2 aromatic rings. The number of nitrogens with two attached hydrogens (primary N) is 1. The first-order chi connectivity index (χ1) is 7.71. The fourth-order valence-electron chi connectivity index (χ4n) is 2.24. The zero-order chi connectivity index (χ0) is 11.2. The average molecular weight is 218 g/mol. The smallest absolute Gasteiger partial charge is 0.132 e. The highest BCUT2D eigenvalue weighted by molar-refractivity contribution is 5.74. The lowest BCUT2D eigenvalue weighted by Gasteiger charge is -2.20. The van der Waals surface area contributed by atoms with E-state index in [0.29, 0.717) is 13.2 Å². The molecule has 5 heteroatoms. The summed E-state index contributed by atoms with van der Waals surface area (Å²) in [6, 6.07) is 1.90. The SMILES string of the molecule is Cn1c(C2(N)CCOC2)nc2ccncc21. The first-order valence-electron chi connectivity index (χ1n) is 5.34. The van der Waals surface area contributed by atoms with Crippen molar-refractivity contribution in [3.8, 4) is 0 Å². The van der Waals surface area contributed by atoms with Crippen LogP contribution in [0.1, 0.15) is 12.2 Å². The zero-order valence-electron chi connectivity index (χ0n) is 9.18. The van der Waals surface area contributed by atoms with Gasteiger partial charge in [-0.25, -0.2) is 4.98 Å². The Morgan fingerprint density at radius 2 is 2.44 bits per heavy atom. The first-order valence-corrected chi connectivity index (χ1v) is 5.34. The minimum absolute atomic E-state index is 0.451. The predicted octanol–water partition coefficient (Wildman–Crippen LogP) is 0.543. The lowest BCUT2D eigenvalue weighted by atomic mass is 9.99. The monoisotopic (exact) mass is 218 g/mol. The van der Waals surface area contributed by atoms with Crippen molar-refractivity contribution in [1.82, 2.24) is 14.5 Å². The molecule has 5 nitrogen and oxygen atoms in total. The van der Waals surface area contributed by atoms with Crippen molar-refractivity contribution in [3.05, 3.63) is 24.3 Å². The van der Waals surface area contributed by atoms with Crippen molar-refractivity contribution in [2.75, 3.05) is 13.2 Å². The van der Waals surface area contributed by atoms with Gasteiger partial charge in [0, 0.05) is 19.9 Å². The Morgan fingerprint density at radius 1 is 1.56 bits per heavy atom. The number of imidazole rings is 1. The largest absolute Gasteiger partial charge is 0.379 e. The van der Waals surface area contributed by atoms with Crippen molar-refractivity contribution in [1.29, 1.82) is 0 Å². The molecule has 1 atom stereocenters. The summed E-state index contributed by atoms with van der Waals surface area (Å²) in [7, 11) is 1.97. The van der Waals surface area contributed by atoms with Crippen LogP contribution in [0.4, 0.5) is 0 Å². The fourth-order valence-corrected chi connectivity index (χ4v) is 2.24. The summed E-state index contributed by atoms with van der Waals surface area (Å²) in [4.78, 5) is 8.69. The van der Waals surface area contributed by atoms with Gasteiger partial charge in [-0.05, 0) is 12.5 Å². The van der Waals surface area contributed by atoms with Crippen LogP contribution in [0.2, 0.25) is 0 Å². The average Bonchev–Trinajstić information content (AvgIpc) is 2.86.